The van der Waals surface area contributed by atoms with Crippen LogP contribution in [0.15, 0.2) is 18.2 Å². The maximum absolute atomic E-state index is 12.9. The number of nitrogens with two attached hydrogens (primary N) is 1. The van der Waals surface area contributed by atoms with Gasteiger partial charge >= 0.3 is 0 Å². The van der Waals surface area contributed by atoms with E-state index in [1.807, 2.05) is 0 Å². The Morgan fingerprint density at radius 1 is 1.25 bits per heavy atom. The standard InChI is InChI=1S/C13H17F2N3O2/c1-7(2)12(16)13(20)17-6-11(19)18-8-3-4-9(14)10(15)5-8/h3-5,7,12H,6,16H2,1-2H3,(H,17,20)(H,18,19)/t12-/m0/s1. The van der Waals surface area contributed by atoms with Crippen LogP contribution in [0.2, 0.25) is 0 Å². The van der Waals surface area contributed by atoms with E-state index in [9.17, 15) is 18.4 Å². The molecule has 0 aromatic heterocycles. The summed E-state index contributed by atoms with van der Waals surface area (Å²) < 4.78 is 25.6. The summed E-state index contributed by atoms with van der Waals surface area (Å²) >= 11 is 0. The largest absolute Gasteiger partial charge is 0.346 e. The number of hydrogen-bond donors (Lipinski definition) is 3. The highest BCUT2D eigenvalue weighted by molar-refractivity contribution is 5.95. The van der Waals surface area contributed by atoms with Crippen molar-refractivity contribution >= 4 is 17.5 Å². The summed E-state index contributed by atoms with van der Waals surface area (Å²) in [6.07, 6.45) is 0. The molecule has 1 rings (SSSR count). The third-order valence-corrected chi connectivity index (χ3v) is 2.65. The van der Waals surface area contributed by atoms with Crippen molar-refractivity contribution in [3.05, 3.63) is 29.8 Å². The first kappa shape index (κ1) is 16.0. The smallest absolute Gasteiger partial charge is 0.243 e. The Labute approximate surface area is 115 Å². The van der Waals surface area contributed by atoms with Gasteiger partial charge in [-0.3, -0.25) is 9.59 Å². The molecule has 110 valence electrons. The Bertz CT molecular complexity index is 506. The number of amides is 2. The summed E-state index contributed by atoms with van der Waals surface area (Å²) in [5, 5.41) is 4.70. The molecular weight excluding hydrogens is 268 g/mol. The Morgan fingerprint density at radius 2 is 1.90 bits per heavy atom. The molecule has 1 aromatic rings. The van der Waals surface area contributed by atoms with E-state index in [1.54, 1.807) is 13.8 Å². The predicted molar refractivity (Wildman–Crippen MR) is 70.8 cm³/mol. The van der Waals surface area contributed by atoms with Crippen LogP contribution in [0.1, 0.15) is 13.8 Å². The third-order valence-electron chi connectivity index (χ3n) is 2.65. The van der Waals surface area contributed by atoms with Crippen LogP contribution in [0.25, 0.3) is 0 Å². The SMILES string of the molecule is CC(C)[C@H](N)C(=O)NCC(=O)Nc1ccc(F)c(F)c1. The van der Waals surface area contributed by atoms with E-state index >= 15 is 0 Å². The van der Waals surface area contributed by atoms with Gasteiger partial charge in [-0.05, 0) is 18.1 Å². The fourth-order valence-electron chi connectivity index (χ4n) is 1.37. The summed E-state index contributed by atoms with van der Waals surface area (Å²) in [4.78, 5) is 23.0. The van der Waals surface area contributed by atoms with Crippen LogP contribution in [-0.2, 0) is 9.59 Å². The number of anilines is 1. The highest BCUT2D eigenvalue weighted by atomic mass is 19.2. The van der Waals surface area contributed by atoms with E-state index in [0.717, 1.165) is 12.1 Å². The molecule has 1 aromatic carbocycles. The summed E-state index contributed by atoms with van der Waals surface area (Å²) in [6.45, 7) is 3.27. The monoisotopic (exact) mass is 285 g/mol. The van der Waals surface area contributed by atoms with Gasteiger partial charge in [-0.2, -0.15) is 0 Å². The molecular formula is C13H17F2N3O2. The summed E-state index contributed by atoms with van der Waals surface area (Å²) in [5.41, 5.74) is 5.71. The minimum absolute atomic E-state index is 0.0516. The van der Waals surface area contributed by atoms with Gasteiger partial charge in [0, 0.05) is 11.8 Å². The molecule has 0 unspecified atom stereocenters. The van der Waals surface area contributed by atoms with Crippen molar-refractivity contribution in [3.8, 4) is 0 Å². The van der Waals surface area contributed by atoms with Gasteiger partial charge in [-0.1, -0.05) is 13.8 Å². The lowest BCUT2D eigenvalue weighted by Crippen LogP contribution is -2.46. The number of nitrogens with one attached hydrogen (secondary N) is 2. The molecule has 0 saturated carbocycles. The van der Waals surface area contributed by atoms with Gasteiger partial charge in [0.25, 0.3) is 0 Å². The number of carbonyl (C=O) groups is 2. The average Bonchev–Trinajstić information content (AvgIpc) is 2.39. The lowest BCUT2D eigenvalue weighted by Gasteiger charge is -2.15. The van der Waals surface area contributed by atoms with Crippen molar-refractivity contribution in [2.45, 2.75) is 19.9 Å². The zero-order chi connectivity index (χ0) is 15.3. The fourth-order valence-corrected chi connectivity index (χ4v) is 1.37. The topological polar surface area (TPSA) is 84.2 Å². The van der Waals surface area contributed by atoms with E-state index in [0.29, 0.717) is 0 Å². The quantitative estimate of drug-likeness (QED) is 0.754. The summed E-state index contributed by atoms with van der Waals surface area (Å²) in [6, 6.07) is 2.27. The van der Waals surface area contributed by atoms with Crippen LogP contribution in [0.5, 0.6) is 0 Å². The zero-order valence-corrected chi connectivity index (χ0v) is 11.2. The zero-order valence-electron chi connectivity index (χ0n) is 11.2. The third kappa shape index (κ3) is 4.58. The first-order valence-corrected chi connectivity index (χ1v) is 6.09. The molecule has 4 N–H and O–H groups in total. The Kier molecular flexibility index (Phi) is 5.57. The molecule has 5 nitrogen and oxygen atoms in total. The average molecular weight is 285 g/mol. The van der Waals surface area contributed by atoms with Crippen molar-refractivity contribution < 1.29 is 18.4 Å². The van der Waals surface area contributed by atoms with Crippen LogP contribution in [0, 0.1) is 17.6 Å². The second kappa shape index (κ2) is 6.95. The van der Waals surface area contributed by atoms with Crippen molar-refractivity contribution in [2.24, 2.45) is 11.7 Å². The van der Waals surface area contributed by atoms with Gasteiger partial charge in [0.05, 0.1) is 12.6 Å². The van der Waals surface area contributed by atoms with Gasteiger partial charge in [0.15, 0.2) is 11.6 Å². The second-order valence-corrected chi connectivity index (χ2v) is 4.66. The van der Waals surface area contributed by atoms with Gasteiger partial charge < -0.3 is 16.4 Å². The number of rotatable bonds is 5. The Balaban J connectivity index is 2.48. The first-order valence-electron chi connectivity index (χ1n) is 6.09. The molecule has 0 heterocycles. The normalized spacial score (nSPS) is 12.1. The van der Waals surface area contributed by atoms with Crippen LogP contribution in [-0.4, -0.2) is 24.4 Å². The van der Waals surface area contributed by atoms with Crippen LogP contribution in [0.3, 0.4) is 0 Å². The van der Waals surface area contributed by atoms with Crippen molar-refractivity contribution in [1.29, 1.82) is 0 Å². The molecule has 0 radical (unpaired) electrons. The highest BCUT2D eigenvalue weighted by Gasteiger charge is 2.17. The predicted octanol–water partition coefficient (Wildman–Crippen LogP) is 1.00. The van der Waals surface area contributed by atoms with Gasteiger partial charge in [0.2, 0.25) is 11.8 Å². The Morgan fingerprint density at radius 3 is 2.45 bits per heavy atom. The van der Waals surface area contributed by atoms with E-state index in [-0.39, 0.29) is 18.2 Å². The summed E-state index contributed by atoms with van der Waals surface area (Å²) in [7, 11) is 0. The minimum Gasteiger partial charge on any atom is -0.346 e. The van der Waals surface area contributed by atoms with Gasteiger partial charge in [-0.15, -0.1) is 0 Å². The van der Waals surface area contributed by atoms with Crippen molar-refractivity contribution in [1.82, 2.24) is 5.32 Å². The van der Waals surface area contributed by atoms with Crippen LogP contribution >= 0.6 is 0 Å². The van der Waals surface area contributed by atoms with Gasteiger partial charge in [0.1, 0.15) is 0 Å². The van der Waals surface area contributed by atoms with Gasteiger partial charge in [-0.25, -0.2) is 8.78 Å². The first-order chi connectivity index (χ1) is 9.31. The number of carbonyl (C=O) groups excluding carboxylic acids is 2. The molecule has 20 heavy (non-hydrogen) atoms. The highest BCUT2D eigenvalue weighted by Crippen LogP contribution is 2.12. The molecule has 1 atom stereocenters. The number of hydrogen-bond acceptors (Lipinski definition) is 3. The van der Waals surface area contributed by atoms with Crippen LogP contribution < -0.4 is 16.4 Å². The summed E-state index contributed by atoms with van der Waals surface area (Å²) in [5.74, 6) is -3.11. The molecule has 0 aliphatic carbocycles. The molecule has 0 spiro atoms. The molecule has 0 bridgehead atoms. The fraction of sp³-hybridized carbons (Fsp3) is 0.385. The maximum atomic E-state index is 12.9. The van der Waals surface area contributed by atoms with E-state index < -0.39 is 29.5 Å². The van der Waals surface area contributed by atoms with Crippen LogP contribution in [0.4, 0.5) is 14.5 Å². The molecule has 2 amide bonds. The van der Waals surface area contributed by atoms with E-state index in [1.165, 1.54) is 6.07 Å². The lowest BCUT2D eigenvalue weighted by atomic mass is 10.1. The molecule has 0 aliphatic heterocycles. The minimum atomic E-state index is -1.06. The Hall–Kier alpha value is -2.02. The number of benzene rings is 1. The second-order valence-electron chi connectivity index (χ2n) is 4.66. The maximum Gasteiger partial charge on any atom is 0.243 e. The van der Waals surface area contributed by atoms with Crippen molar-refractivity contribution in [2.75, 3.05) is 11.9 Å². The number of halogens is 2. The lowest BCUT2D eigenvalue weighted by molar-refractivity contribution is -0.125. The molecule has 7 heteroatoms. The van der Waals surface area contributed by atoms with E-state index in [4.69, 9.17) is 5.73 Å². The molecule has 0 aliphatic rings. The van der Waals surface area contributed by atoms with E-state index in [2.05, 4.69) is 10.6 Å². The van der Waals surface area contributed by atoms with Crippen molar-refractivity contribution in [3.63, 3.8) is 0 Å². The molecule has 0 saturated heterocycles. The molecule has 0 fully saturated rings.